The second-order valence-corrected chi connectivity index (χ2v) is 11.6. The van der Waals surface area contributed by atoms with Gasteiger partial charge in [0, 0.05) is 56.0 Å². The minimum Gasteiger partial charge on any atom is -0.489 e. The van der Waals surface area contributed by atoms with Gasteiger partial charge in [0.05, 0.1) is 43.3 Å². The molecule has 5 rings (SSSR count). The maximum atomic E-state index is 13.7. The van der Waals surface area contributed by atoms with Crippen molar-refractivity contribution in [3.8, 4) is 17.6 Å². The third-order valence-corrected chi connectivity index (χ3v) is 8.50. The normalized spacial score (nSPS) is 18.9. The molecule has 12 heteroatoms. The van der Waals surface area contributed by atoms with Gasteiger partial charge in [0.2, 0.25) is 0 Å². The van der Waals surface area contributed by atoms with Gasteiger partial charge in [-0.05, 0) is 68.0 Å². The molecule has 0 bridgehead atoms. The summed E-state index contributed by atoms with van der Waals surface area (Å²) in [7, 11) is 3.11. The molecule has 9 nitrogen and oxygen atoms in total. The standard InChI is InChI=1S/C34H42F3N5O4/c1-38-33(43)24-8-13-30(32(21-24)46-20-19-44-2)39-14-4-5-27-22-28-29(6-3-7-31(28)42(27)23-34(35,36)37)40-25-9-11-26(12-10-25)41-15-17-45-18-16-41/h3,6-8,13,21-22,25-26,39-40H,9-12,14-20,23H2,1-2H3,(H,38,43). The van der Waals surface area contributed by atoms with E-state index in [0.29, 0.717) is 35.2 Å². The number of aromatic nitrogens is 1. The summed E-state index contributed by atoms with van der Waals surface area (Å²) in [6, 6.07) is 13.0. The lowest BCUT2D eigenvalue weighted by Gasteiger charge is -2.39. The number of morpholine rings is 1. The van der Waals surface area contributed by atoms with E-state index in [2.05, 4.69) is 32.7 Å². The van der Waals surface area contributed by atoms with Crippen LogP contribution in [0.1, 0.15) is 41.7 Å². The van der Waals surface area contributed by atoms with Gasteiger partial charge >= 0.3 is 6.18 Å². The van der Waals surface area contributed by atoms with Crippen LogP contribution >= 0.6 is 0 Å². The molecule has 1 amide bonds. The van der Waals surface area contributed by atoms with Crippen molar-refractivity contribution in [1.82, 2.24) is 14.8 Å². The molecule has 1 saturated carbocycles. The molecule has 1 aromatic heterocycles. The summed E-state index contributed by atoms with van der Waals surface area (Å²) < 4.78 is 58.8. The Morgan fingerprint density at radius 2 is 1.83 bits per heavy atom. The van der Waals surface area contributed by atoms with Crippen molar-refractivity contribution < 1.29 is 32.2 Å². The molecule has 2 heterocycles. The van der Waals surface area contributed by atoms with Crippen LogP contribution in [0.5, 0.6) is 5.75 Å². The Hall–Kier alpha value is -3.92. The fourth-order valence-electron chi connectivity index (χ4n) is 6.19. The van der Waals surface area contributed by atoms with Crippen molar-refractivity contribution in [3.63, 3.8) is 0 Å². The highest BCUT2D eigenvalue weighted by Gasteiger charge is 2.31. The Bertz CT molecular complexity index is 1530. The van der Waals surface area contributed by atoms with Crippen LogP contribution in [-0.2, 0) is 16.0 Å². The molecule has 1 saturated heterocycles. The van der Waals surface area contributed by atoms with Crippen LogP contribution in [0.3, 0.4) is 0 Å². The Balaban J connectivity index is 1.32. The first kappa shape index (κ1) is 33.4. The van der Waals surface area contributed by atoms with Crippen LogP contribution < -0.4 is 20.7 Å². The van der Waals surface area contributed by atoms with Crippen LogP contribution in [0, 0.1) is 11.8 Å². The Labute approximate surface area is 267 Å². The molecule has 2 fully saturated rings. The van der Waals surface area contributed by atoms with E-state index in [9.17, 15) is 18.0 Å². The predicted octanol–water partition coefficient (Wildman–Crippen LogP) is 5.11. The fraction of sp³-hybridized carbons (Fsp3) is 0.500. The number of rotatable bonds is 11. The highest BCUT2D eigenvalue weighted by molar-refractivity contribution is 5.95. The van der Waals surface area contributed by atoms with Crippen molar-refractivity contribution in [3.05, 3.63) is 53.7 Å². The number of methoxy groups -OCH3 is 1. The monoisotopic (exact) mass is 641 g/mol. The van der Waals surface area contributed by atoms with Gasteiger partial charge in [0.1, 0.15) is 18.9 Å². The maximum Gasteiger partial charge on any atom is 0.406 e. The van der Waals surface area contributed by atoms with Gasteiger partial charge in [-0.1, -0.05) is 12.0 Å². The number of anilines is 2. The average molecular weight is 642 g/mol. The molecule has 1 aliphatic heterocycles. The third kappa shape index (κ3) is 8.66. The van der Waals surface area contributed by atoms with Crippen molar-refractivity contribution >= 4 is 28.2 Å². The van der Waals surface area contributed by atoms with Crippen molar-refractivity contribution in [2.45, 2.75) is 50.5 Å². The largest absolute Gasteiger partial charge is 0.489 e. The Kier molecular flexibility index (Phi) is 11.3. The van der Waals surface area contributed by atoms with E-state index in [4.69, 9.17) is 14.2 Å². The summed E-state index contributed by atoms with van der Waals surface area (Å²) in [5.41, 5.74) is 2.62. The van der Waals surface area contributed by atoms with Crippen molar-refractivity contribution in [2.75, 3.05) is 70.9 Å². The van der Waals surface area contributed by atoms with E-state index in [1.165, 1.54) is 4.57 Å². The maximum absolute atomic E-state index is 13.7. The molecule has 0 unspecified atom stereocenters. The van der Waals surface area contributed by atoms with Gasteiger partial charge in [-0.25, -0.2) is 0 Å². The lowest BCUT2D eigenvalue weighted by atomic mass is 9.89. The second kappa shape index (κ2) is 15.6. The zero-order valence-corrected chi connectivity index (χ0v) is 26.3. The van der Waals surface area contributed by atoms with Gasteiger partial charge in [-0.15, -0.1) is 0 Å². The zero-order valence-electron chi connectivity index (χ0n) is 26.3. The molecule has 248 valence electrons. The molecule has 2 aromatic carbocycles. The van der Waals surface area contributed by atoms with Crippen LogP contribution in [0.4, 0.5) is 24.5 Å². The molecule has 0 atom stereocenters. The topological polar surface area (TPSA) is 89.0 Å². The summed E-state index contributed by atoms with van der Waals surface area (Å²) in [6.07, 6.45) is -0.244. The number of halogens is 3. The van der Waals surface area contributed by atoms with E-state index in [1.807, 2.05) is 6.07 Å². The number of hydrogen-bond donors (Lipinski definition) is 3. The third-order valence-electron chi connectivity index (χ3n) is 8.50. The summed E-state index contributed by atoms with van der Waals surface area (Å²) in [5, 5.41) is 10.1. The molecule has 2 aliphatic rings. The number of carbonyl (C=O) groups excluding carboxylic acids is 1. The number of carbonyl (C=O) groups is 1. The van der Waals surface area contributed by atoms with Crippen LogP contribution in [0.2, 0.25) is 0 Å². The summed E-state index contributed by atoms with van der Waals surface area (Å²) in [6.45, 7) is 3.16. The average Bonchev–Trinajstić information content (AvgIpc) is 3.40. The number of ether oxygens (including phenoxy) is 3. The zero-order chi connectivity index (χ0) is 32.5. The Morgan fingerprint density at radius 1 is 1.04 bits per heavy atom. The molecular formula is C34H42F3N5O4. The first-order chi connectivity index (χ1) is 22.3. The molecule has 46 heavy (non-hydrogen) atoms. The smallest absolute Gasteiger partial charge is 0.406 e. The predicted molar refractivity (Wildman–Crippen MR) is 173 cm³/mol. The lowest BCUT2D eigenvalue weighted by Crippen LogP contribution is -2.46. The minimum absolute atomic E-state index is 0.144. The molecule has 3 N–H and O–H groups in total. The highest BCUT2D eigenvalue weighted by atomic mass is 19.4. The van der Waals surface area contributed by atoms with Gasteiger partial charge < -0.3 is 34.7 Å². The number of hydrogen-bond acceptors (Lipinski definition) is 7. The number of nitrogens with zero attached hydrogens (tertiary/aromatic N) is 2. The van der Waals surface area contributed by atoms with Gasteiger partial charge in [-0.3, -0.25) is 9.69 Å². The number of amides is 1. The van der Waals surface area contributed by atoms with Crippen LogP contribution in [0.15, 0.2) is 42.5 Å². The summed E-state index contributed by atoms with van der Waals surface area (Å²) in [4.78, 5) is 14.6. The number of alkyl halides is 3. The van der Waals surface area contributed by atoms with E-state index in [0.717, 1.165) is 63.1 Å². The van der Waals surface area contributed by atoms with Gasteiger partial charge in [0.25, 0.3) is 5.91 Å². The SMILES string of the molecule is CNC(=O)c1ccc(NCC#Cc2cc3c(NC4CCC(N5CCOCC5)CC4)cccc3n2CC(F)(F)F)c(OCCOC)c1. The lowest BCUT2D eigenvalue weighted by molar-refractivity contribution is -0.140. The molecule has 0 spiro atoms. The first-order valence-electron chi connectivity index (χ1n) is 15.7. The van der Waals surface area contributed by atoms with E-state index in [1.54, 1.807) is 50.6 Å². The molecule has 3 aromatic rings. The van der Waals surface area contributed by atoms with E-state index < -0.39 is 12.7 Å². The quantitative estimate of drug-likeness (QED) is 0.198. The van der Waals surface area contributed by atoms with Crippen molar-refractivity contribution in [2.24, 2.45) is 0 Å². The van der Waals surface area contributed by atoms with Crippen LogP contribution in [0.25, 0.3) is 10.9 Å². The van der Waals surface area contributed by atoms with Crippen LogP contribution in [-0.4, -0.2) is 93.9 Å². The number of fused-ring (bicyclic) bond motifs is 1. The molecule has 1 aliphatic carbocycles. The van der Waals surface area contributed by atoms with Gasteiger partial charge in [-0.2, -0.15) is 13.2 Å². The number of nitrogens with one attached hydrogen (secondary N) is 3. The highest BCUT2D eigenvalue weighted by Crippen LogP contribution is 2.33. The summed E-state index contributed by atoms with van der Waals surface area (Å²) in [5.74, 6) is 6.13. The van der Waals surface area contributed by atoms with Gasteiger partial charge in [0.15, 0.2) is 0 Å². The first-order valence-corrected chi connectivity index (χ1v) is 15.7. The minimum atomic E-state index is -4.41. The molecule has 0 radical (unpaired) electrons. The Morgan fingerprint density at radius 3 is 2.54 bits per heavy atom. The van der Waals surface area contributed by atoms with E-state index in [-0.39, 0.29) is 30.8 Å². The second-order valence-electron chi connectivity index (χ2n) is 11.6. The van der Waals surface area contributed by atoms with E-state index >= 15 is 0 Å². The van der Waals surface area contributed by atoms with Crippen molar-refractivity contribution in [1.29, 1.82) is 0 Å². The fourth-order valence-corrected chi connectivity index (χ4v) is 6.19. The number of benzene rings is 2. The molecular weight excluding hydrogens is 599 g/mol. The summed E-state index contributed by atoms with van der Waals surface area (Å²) >= 11 is 0.